The molecule has 2 fully saturated rings. The first-order valence-corrected chi connectivity index (χ1v) is 13.5. The van der Waals surface area contributed by atoms with Gasteiger partial charge in [-0.25, -0.2) is 9.18 Å². The number of halogens is 1. The number of ketones is 1. The smallest absolute Gasteiger partial charge is 0.326 e. The van der Waals surface area contributed by atoms with E-state index in [1.54, 1.807) is 4.57 Å². The van der Waals surface area contributed by atoms with Crippen LogP contribution in [0.15, 0.2) is 16.9 Å². The van der Waals surface area contributed by atoms with Crippen LogP contribution >= 0.6 is 0 Å². The molecule has 0 atom stereocenters. The van der Waals surface area contributed by atoms with E-state index < -0.39 is 11.7 Å². The summed E-state index contributed by atoms with van der Waals surface area (Å²) in [6, 6.07) is 2.59. The fourth-order valence-electron chi connectivity index (χ4n) is 5.78. The van der Waals surface area contributed by atoms with Gasteiger partial charge in [-0.3, -0.25) is 19.1 Å². The van der Waals surface area contributed by atoms with E-state index in [1.165, 1.54) is 19.2 Å². The molecule has 0 bridgehead atoms. The van der Waals surface area contributed by atoms with Crippen LogP contribution in [0.3, 0.4) is 0 Å². The maximum Gasteiger partial charge on any atom is 0.326 e. The van der Waals surface area contributed by atoms with Gasteiger partial charge in [0.05, 0.1) is 23.1 Å². The third-order valence-corrected chi connectivity index (χ3v) is 7.99. The Hall–Kier alpha value is -2.48. The van der Waals surface area contributed by atoms with E-state index in [0.29, 0.717) is 34.7 Å². The summed E-state index contributed by atoms with van der Waals surface area (Å²) in [7, 11) is 1.44. The van der Waals surface area contributed by atoms with Crippen LogP contribution in [0.4, 0.5) is 4.39 Å². The lowest BCUT2D eigenvalue weighted by atomic mass is 9.69. The lowest BCUT2D eigenvalue weighted by Gasteiger charge is -2.37. The lowest BCUT2D eigenvalue weighted by molar-refractivity contribution is -0.125. The standard InChI is InChI=1S/C26H37FN4O3.C2H6/c1-26(2,3)17-7-5-16(6-8-17)23(32)15-30-11-9-18(10-12-30)31-22-14-20(27)19(24(33)28-4)13-21(22)29-25(31)34;1-2/h13-14,16-18H,5-12,15H2,1-4H3,(H,28,33)(H,29,34);1-2H3. The molecule has 2 heterocycles. The zero-order valence-electron chi connectivity index (χ0n) is 22.7. The Balaban J connectivity index is 0.00000176. The zero-order valence-corrected chi connectivity index (χ0v) is 22.7. The Morgan fingerprint density at radius 2 is 1.67 bits per heavy atom. The average molecular weight is 503 g/mol. The first-order valence-electron chi connectivity index (χ1n) is 13.5. The molecule has 0 spiro atoms. The quantitative estimate of drug-likeness (QED) is 0.608. The molecule has 2 aliphatic rings. The number of aromatic amines is 1. The number of nitrogens with one attached hydrogen (secondary N) is 2. The van der Waals surface area contributed by atoms with Crippen molar-refractivity contribution in [2.45, 2.75) is 79.2 Å². The van der Waals surface area contributed by atoms with E-state index in [4.69, 9.17) is 0 Å². The summed E-state index contributed by atoms with van der Waals surface area (Å²) < 4.78 is 16.2. The first kappa shape index (κ1) is 28.1. The Kier molecular flexibility index (Phi) is 9.14. The maximum absolute atomic E-state index is 14.5. The van der Waals surface area contributed by atoms with Crippen LogP contribution in [-0.4, -0.2) is 52.8 Å². The number of amides is 1. The van der Waals surface area contributed by atoms with Crippen molar-refractivity contribution in [3.8, 4) is 0 Å². The molecule has 7 nitrogen and oxygen atoms in total. The second-order valence-electron chi connectivity index (χ2n) is 11.1. The van der Waals surface area contributed by atoms with Crippen molar-refractivity contribution in [2.75, 3.05) is 26.7 Å². The molecule has 200 valence electrons. The van der Waals surface area contributed by atoms with E-state index in [9.17, 15) is 18.8 Å². The number of fused-ring (bicyclic) bond motifs is 1. The van der Waals surface area contributed by atoms with Gasteiger partial charge in [-0.05, 0) is 55.9 Å². The largest absolute Gasteiger partial charge is 0.355 e. The molecule has 1 saturated heterocycles. The number of aromatic nitrogens is 2. The van der Waals surface area contributed by atoms with Gasteiger partial charge in [0, 0.05) is 38.2 Å². The first-order chi connectivity index (χ1) is 17.1. The highest BCUT2D eigenvalue weighted by Crippen LogP contribution is 2.40. The summed E-state index contributed by atoms with van der Waals surface area (Å²) in [4.78, 5) is 42.5. The number of hydrogen-bond acceptors (Lipinski definition) is 4. The normalized spacial score (nSPS) is 21.6. The molecule has 36 heavy (non-hydrogen) atoms. The number of carbonyl (C=O) groups excluding carboxylic acids is 2. The van der Waals surface area contributed by atoms with Crippen molar-refractivity contribution >= 4 is 22.7 Å². The van der Waals surface area contributed by atoms with Gasteiger partial charge in [0.15, 0.2) is 0 Å². The summed E-state index contributed by atoms with van der Waals surface area (Å²) in [6.07, 6.45) is 5.68. The molecule has 0 radical (unpaired) electrons. The molecule has 1 aliphatic carbocycles. The Morgan fingerprint density at radius 1 is 1.06 bits per heavy atom. The highest BCUT2D eigenvalue weighted by atomic mass is 19.1. The monoisotopic (exact) mass is 502 g/mol. The number of imidazole rings is 1. The van der Waals surface area contributed by atoms with Crippen LogP contribution in [0.5, 0.6) is 0 Å². The predicted octanol–water partition coefficient (Wildman–Crippen LogP) is 4.91. The van der Waals surface area contributed by atoms with Crippen molar-refractivity contribution in [1.82, 2.24) is 19.8 Å². The van der Waals surface area contributed by atoms with Gasteiger partial charge in [0.1, 0.15) is 11.6 Å². The summed E-state index contributed by atoms with van der Waals surface area (Å²) in [5.74, 6) is 0.0321. The van der Waals surface area contributed by atoms with Gasteiger partial charge in [0.25, 0.3) is 5.91 Å². The Labute approximate surface area is 213 Å². The molecular formula is C28H43FN4O3. The van der Waals surface area contributed by atoms with E-state index in [1.807, 2.05) is 13.8 Å². The van der Waals surface area contributed by atoms with Crippen molar-refractivity contribution in [2.24, 2.45) is 17.3 Å². The highest BCUT2D eigenvalue weighted by molar-refractivity contribution is 5.97. The topological polar surface area (TPSA) is 87.2 Å². The number of likely N-dealkylation sites (tertiary alicyclic amines) is 1. The third kappa shape index (κ3) is 6.07. The summed E-state index contributed by atoms with van der Waals surface area (Å²) in [6.45, 7) is 12.8. The number of nitrogens with zero attached hydrogens (tertiary/aromatic N) is 2. The minimum atomic E-state index is -0.649. The molecule has 4 rings (SSSR count). The second-order valence-corrected chi connectivity index (χ2v) is 11.1. The lowest BCUT2D eigenvalue weighted by Crippen LogP contribution is -2.41. The fraction of sp³-hybridized carbons (Fsp3) is 0.679. The van der Waals surface area contributed by atoms with E-state index >= 15 is 0 Å². The molecule has 1 aromatic carbocycles. The van der Waals surface area contributed by atoms with Crippen molar-refractivity contribution in [3.63, 3.8) is 0 Å². The molecule has 1 aromatic heterocycles. The number of rotatable bonds is 5. The number of benzene rings is 1. The number of hydrogen-bond donors (Lipinski definition) is 2. The van der Waals surface area contributed by atoms with Crippen LogP contribution < -0.4 is 11.0 Å². The molecule has 0 unspecified atom stereocenters. The highest BCUT2D eigenvalue weighted by Gasteiger charge is 2.33. The number of H-pyrrole nitrogens is 1. The molecule has 1 saturated carbocycles. The van der Waals surface area contributed by atoms with Crippen LogP contribution in [0.25, 0.3) is 11.0 Å². The predicted molar refractivity (Wildman–Crippen MR) is 142 cm³/mol. The number of Topliss-reactive ketones (excluding diaryl/α,β-unsaturated/α-hetero) is 1. The van der Waals surface area contributed by atoms with Crippen LogP contribution in [0, 0.1) is 23.1 Å². The molecule has 8 heteroatoms. The van der Waals surface area contributed by atoms with E-state index in [0.717, 1.165) is 51.6 Å². The van der Waals surface area contributed by atoms with Crippen LogP contribution in [0.1, 0.15) is 89.5 Å². The summed E-state index contributed by atoms with van der Waals surface area (Å²) >= 11 is 0. The number of carbonyl (C=O) groups is 2. The van der Waals surface area contributed by atoms with E-state index in [2.05, 4.69) is 36.0 Å². The second kappa shape index (κ2) is 11.7. The minimum Gasteiger partial charge on any atom is -0.355 e. The van der Waals surface area contributed by atoms with Crippen molar-refractivity contribution in [3.05, 3.63) is 34.0 Å². The summed E-state index contributed by atoms with van der Waals surface area (Å²) in [5.41, 5.74) is 0.846. The Bertz CT molecular complexity index is 1110. The Morgan fingerprint density at radius 3 is 2.22 bits per heavy atom. The minimum absolute atomic E-state index is 0.0694. The average Bonchev–Trinajstić information content (AvgIpc) is 3.18. The number of piperidine rings is 1. The molecule has 1 amide bonds. The SMILES string of the molecule is CC.CNC(=O)c1cc2[nH]c(=O)n(C3CCN(CC(=O)C4CCC(C(C)(C)C)CC4)CC3)c2cc1F. The van der Waals surface area contributed by atoms with Gasteiger partial charge in [-0.1, -0.05) is 34.6 Å². The van der Waals surface area contributed by atoms with Gasteiger partial charge in [-0.15, -0.1) is 0 Å². The molecule has 1 aliphatic heterocycles. The van der Waals surface area contributed by atoms with Gasteiger partial charge in [-0.2, -0.15) is 0 Å². The van der Waals surface area contributed by atoms with Crippen molar-refractivity contribution in [1.29, 1.82) is 0 Å². The van der Waals surface area contributed by atoms with Crippen LogP contribution in [-0.2, 0) is 4.79 Å². The van der Waals surface area contributed by atoms with Gasteiger partial charge in [0.2, 0.25) is 0 Å². The molecular weight excluding hydrogens is 459 g/mol. The van der Waals surface area contributed by atoms with Gasteiger partial charge < -0.3 is 10.3 Å². The fourth-order valence-corrected chi connectivity index (χ4v) is 5.78. The molecule has 2 N–H and O–H groups in total. The third-order valence-electron chi connectivity index (χ3n) is 7.99. The zero-order chi connectivity index (χ0) is 26.6. The maximum atomic E-state index is 14.5. The van der Waals surface area contributed by atoms with Crippen molar-refractivity contribution < 1.29 is 14.0 Å². The molecule has 2 aromatic rings. The van der Waals surface area contributed by atoms with E-state index in [-0.39, 0.29) is 23.2 Å². The van der Waals surface area contributed by atoms with Crippen LogP contribution in [0.2, 0.25) is 0 Å². The van der Waals surface area contributed by atoms with Gasteiger partial charge >= 0.3 is 5.69 Å². The summed E-state index contributed by atoms with van der Waals surface area (Å²) in [5, 5.41) is 2.41.